The van der Waals surface area contributed by atoms with E-state index in [1.807, 2.05) is 32.0 Å². The summed E-state index contributed by atoms with van der Waals surface area (Å²) in [6.45, 7) is 3.91. The van der Waals surface area contributed by atoms with Crippen LogP contribution in [0.15, 0.2) is 46.0 Å². The molecule has 2 aromatic carbocycles. The van der Waals surface area contributed by atoms with Gasteiger partial charge in [0.15, 0.2) is 0 Å². The van der Waals surface area contributed by atoms with E-state index in [4.69, 9.17) is 0 Å². The highest BCUT2D eigenvalue weighted by molar-refractivity contribution is 9.10. The van der Waals surface area contributed by atoms with Crippen LogP contribution in [0.4, 0.5) is 5.69 Å². The first-order valence-corrected chi connectivity index (χ1v) is 8.82. The summed E-state index contributed by atoms with van der Waals surface area (Å²) >= 11 is 3.29. The molecule has 3 N–H and O–H groups in total. The lowest BCUT2D eigenvalue weighted by Gasteiger charge is -2.10. The summed E-state index contributed by atoms with van der Waals surface area (Å²) in [6.07, 6.45) is 1.41. The van der Waals surface area contributed by atoms with Crippen LogP contribution in [0.5, 0.6) is 5.75 Å². The van der Waals surface area contributed by atoms with Gasteiger partial charge in [-0.1, -0.05) is 28.1 Å². The van der Waals surface area contributed by atoms with Gasteiger partial charge in [0.25, 0.3) is 0 Å². The number of carbonyl (C=O) groups excluding carboxylic acids is 2. The average molecular weight is 418 g/mol. The van der Waals surface area contributed by atoms with Crippen molar-refractivity contribution in [3.63, 3.8) is 0 Å². The van der Waals surface area contributed by atoms with E-state index in [0.29, 0.717) is 5.56 Å². The fourth-order valence-corrected chi connectivity index (χ4v) is 2.56. The minimum absolute atomic E-state index is 0.0124. The summed E-state index contributed by atoms with van der Waals surface area (Å²) in [4.78, 5) is 23.8. The van der Waals surface area contributed by atoms with Crippen LogP contribution in [0.2, 0.25) is 0 Å². The van der Waals surface area contributed by atoms with Crippen LogP contribution >= 0.6 is 15.9 Å². The average Bonchev–Trinajstić information content (AvgIpc) is 2.60. The molecule has 0 radical (unpaired) electrons. The van der Waals surface area contributed by atoms with Gasteiger partial charge in [-0.15, -0.1) is 0 Å². The lowest BCUT2D eigenvalue weighted by Crippen LogP contribution is -2.21. The zero-order valence-corrected chi connectivity index (χ0v) is 16.1. The summed E-state index contributed by atoms with van der Waals surface area (Å²) in [5.74, 6) is -0.562. The van der Waals surface area contributed by atoms with Crippen molar-refractivity contribution in [1.82, 2.24) is 5.43 Å². The molecule has 0 bridgehead atoms. The standard InChI is InChI=1S/C19H20BrN3O3/c1-12-4-3-5-16(13(12)2)22-18(25)8-9-19(26)23-21-11-14-10-15(20)6-7-17(14)24/h3-7,10-11,24H,8-9H2,1-2H3,(H,22,25)(H,23,26). The molecule has 2 amide bonds. The molecule has 0 aliphatic carbocycles. The van der Waals surface area contributed by atoms with Crippen molar-refractivity contribution >= 4 is 39.6 Å². The van der Waals surface area contributed by atoms with Gasteiger partial charge < -0.3 is 10.4 Å². The quantitative estimate of drug-likeness (QED) is 0.494. The van der Waals surface area contributed by atoms with E-state index >= 15 is 0 Å². The van der Waals surface area contributed by atoms with Gasteiger partial charge in [-0.05, 0) is 49.2 Å². The van der Waals surface area contributed by atoms with E-state index in [1.54, 1.807) is 12.1 Å². The number of nitrogens with one attached hydrogen (secondary N) is 2. The number of hydrogen-bond donors (Lipinski definition) is 3. The molecule has 0 aliphatic heterocycles. The number of hydrazone groups is 1. The van der Waals surface area contributed by atoms with Crippen LogP contribution in [0.1, 0.15) is 29.5 Å². The molecule has 0 saturated carbocycles. The normalized spacial score (nSPS) is 10.7. The van der Waals surface area contributed by atoms with E-state index in [0.717, 1.165) is 21.3 Å². The molecule has 0 heterocycles. The molecule has 0 saturated heterocycles. The maximum Gasteiger partial charge on any atom is 0.240 e. The largest absolute Gasteiger partial charge is 0.507 e. The second-order valence-corrected chi connectivity index (χ2v) is 6.71. The van der Waals surface area contributed by atoms with Crippen LogP contribution in [0, 0.1) is 13.8 Å². The van der Waals surface area contributed by atoms with Gasteiger partial charge in [-0.3, -0.25) is 9.59 Å². The Balaban J connectivity index is 1.81. The smallest absolute Gasteiger partial charge is 0.240 e. The molecular weight excluding hydrogens is 398 g/mol. The van der Waals surface area contributed by atoms with E-state index in [9.17, 15) is 14.7 Å². The van der Waals surface area contributed by atoms with Crippen molar-refractivity contribution in [2.75, 3.05) is 5.32 Å². The molecule has 136 valence electrons. The Morgan fingerprint density at radius 3 is 2.65 bits per heavy atom. The number of anilines is 1. The Hall–Kier alpha value is -2.67. The zero-order valence-electron chi connectivity index (χ0n) is 14.5. The number of halogens is 1. The second kappa shape index (κ2) is 9.15. The molecule has 0 unspecified atom stereocenters. The first-order chi connectivity index (χ1) is 12.4. The molecule has 0 aromatic heterocycles. The van der Waals surface area contributed by atoms with Crippen molar-refractivity contribution in [2.24, 2.45) is 5.10 Å². The van der Waals surface area contributed by atoms with Crippen LogP contribution in [-0.2, 0) is 9.59 Å². The van der Waals surface area contributed by atoms with Gasteiger partial charge >= 0.3 is 0 Å². The molecule has 6 nitrogen and oxygen atoms in total. The third-order valence-corrected chi connectivity index (χ3v) is 4.33. The van der Waals surface area contributed by atoms with E-state index in [2.05, 4.69) is 31.8 Å². The number of carbonyl (C=O) groups is 2. The zero-order chi connectivity index (χ0) is 19.1. The maximum atomic E-state index is 12.0. The van der Waals surface area contributed by atoms with Crippen LogP contribution in [0.25, 0.3) is 0 Å². The van der Waals surface area contributed by atoms with Crippen molar-refractivity contribution < 1.29 is 14.7 Å². The van der Waals surface area contributed by atoms with E-state index < -0.39 is 0 Å². The van der Waals surface area contributed by atoms with Crippen LogP contribution < -0.4 is 10.7 Å². The Bertz CT molecular complexity index is 850. The predicted octanol–water partition coefficient (Wildman–Crippen LogP) is 3.64. The van der Waals surface area contributed by atoms with E-state index in [1.165, 1.54) is 12.3 Å². The summed E-state index contributed by atoms with van der Waals surface area (Å²) in [7, 11) is 0. The van der Waals surface area contributed by atoms with Crippen molar-refractivity contribution in [3.8, 4) is 5.75 Å². The SMILES string of the molecule is Cc1cccc(NC(=O)CCC(=O)NN=Cc2cc(Br)ccc2O)c1C. The Kier molecular flexibility index (Phi) is 6.91. The van der Waals surface area contributed by atoms with Crippen molar-refractivity contribution in [3.05, 3.63) is 57.6 Å². The molecule has 0 aliphatic rings. The minimum Gasteiger partial charge on any atom is -0.507 e. The fourth-order valence-electron chi connectivity index (χ4n) is 2.18. The highest BCUT2D eigenvalue weighted by Gasteiger charge is 2.09. The number of benzene rings is 2. The monoisotopic (exact) mass is 417 g/mol. The van der Waals surface area contributed by atoms with Crippen LogP contribution in [-0.4, -0.2) is 23.1 Å². The number of aromatic hydroxyl groups is 1. The van der Waals surface area contributed by atoms with Gasteiger partial charge in [0.1, 0.15) is 5.75 Å². The molecule has 0 fully saturated rings. The number of amides is 2. The first-order valence-electron chi connectivity index (χ1n) is 8.03. The van der Waals surface area contributed by atoms with Gasteiger partial charge in [-0.2, -0.15) is 5.10 Å². The molecule has 2 aromatic rings. The third-order valence-electron chi connectivity index (χ3n) is 3.84. The summed E-state index contributed by atoms with van der Waals surface area (Å²) < 4.78 is 0.784. The lowest BCUT2D eigenvalue weighted by molar-refractivity contribution is -0.124. The van der Waals surface area contributed by atoms with Gasteiger partial charge in [0.2, 0.25) is 11.8 Å². The number of hydrogen-bond acceptors (Lipinski definition) is 4. The number of phenols is 1. The Morgan fingerprint density at radius 2 is 1.88 bits per heavy atom. The highest BCUT2D eigenvalue weighted by Crippen LogP contribution is 2.20. The van der Waals surface area contributed by atoms with Crippen molar-refractivity contribution in [2.45, 2.75) is 26.7 Å². The van der Waals surface area contributed by atoms with Gasteiger partial charge in [-0.25, -0.2) is 5.43 Å². The topological polar surface area (TPSA) is 90.8 Å². The number of aryl methyl sites for hydroxylation is 1. The third kappa shape index (κ3) is 5.70. The first kappa shape index (κ1) is 19.7. The lowest BCUT2D eigenvalue weighted by atomic mass is 10.1. The van der Waals surface area contributed by atoms with Crippen molar-refractivity contribution in [1.29, 1.82) is 0 Å². The van der Waals surface area contributed by atoms with E-state index in [-0.39, 0.29) is 30.4 Å². The molecule has 7 heteroatoms. The summed E-state index contributed by atoms with van der Waals surface area (Å²) in [5.41, 5.74) is 5.65. The Labute approximate surface area is 160 Å². The predicted molar refractivity (Wildman–Crippen MR) is 105 cm³/mol. The van der Waals surface area contributed by atoms with Crippen LogP contribution in [0.3, 0.4) is 0 Å². The molecule has 0 spiro atoms. The summed E-state index contributed by atoms with van der Waals surface area (Å²) in [6, 6.07) is 10.6. The van der Waals surface area contributed by atoms with Gasteiger partial charge in [0.05, 0.1) is 6.21 Å². The molecule has 26 heavy (non-hydrogen) atoms. The molecular formula is C19H20BrN3O3. The Morgan fingerprint density at radius 1 is 1.15 bits per heavy atom. The summed E-state index contributed by atoms with van der Waals surface area (Å²) in [5, 5.41) is 16.3. The fraction of sp³-hybridized carbons (Fsp3) is 0.211. The minimum atomic E-state index is -0.383. The number of rotatable bonds is 6. The van der Waals surface area contributed by atoms with Gasteiger partial charge in [0, 0.05) is 28.6 Å². The number of phenolic OH excluding ortho intramolecular Hbond substituents is 1. The number of nitrogens with zero attached hydrogens (tertiary/aromatic N) is 1. The molecule has 0 atom stereocenters. The second-order valence-electron chi connectivity index (χ2n) is 5.79. The maximum absolute atomic E-state index is 12.0. The molecule has 2 rings (SSSR count). The highest BCUT2D eigenvalue weighted by atomic mass is 79.9.